The number of fused-ring (bicyclic) bond motifs is 1. The molecule has 0 heterocycles. The number of hydrogen-bond acceptors (Lipinski definition) is 4. The lowest BCUT2D eigenvalue weighted by Gasteiger charge is -2.11. The molecule has 0 spiro atoms. The van der Waals surface area contributed by atoms with Gasteiger partial charge >= 0.3 is 5.97 Å². The molecule has 1 aromatic rings. The predicted molar refractivity (Wildman–Crippen MR) is 68.0 cm³/mol. The number of hydroxylamine groups is 1. The molecule has 1 aromatic carbocycles. The molecule has 0 aromatic heterocycles. The molecule has 0 bridgehead atoms. The molecular weight excluding hydrogens is 230 g/mol. The Hall–Kier alpha value is -1.39. The molecule has 0 atom stereocenters. The number of nitrogens with one attached hydrogen (secondary N) is 1. The van der Waals surface area contributed by atoms with E-state index in [2.05, 4.69) is 34.5 Å². The minimum Gasteiger partial charge on any atom is -0.469 e. The molecule has 4 heteroatoms. The quantitative estimate of drug-likeness (QED) is 0.473. The second-order valence-electron chi connectivity index (χ2n) is 4.52. The van der Waals surface area contributed by atoms with Crippen LogP contribution in [-0.4, -0.2) is 25.7 Å². The van der Waals surface area contributed by atoms with E-state index in [4.69, 9.17) is 4.84 Å². The third kappa shape index (κ3) is 3.55. The van der Waals surface area contributed by atoms with Crippen LogP contribution < -0.4 is 5.48 Å². The van der Waals surface area contributed by atoms with Gasteiger partial charge < -0.3 is 9.57 Å². The standard InChI is InChI=1S/C14H19NO3/c1-17-14(16)7-4-8-18-15-13-9-11-5-2-3-6-12(11)10-13/h2-3,5-6,13,15H,4,7-10H2,1H3. The van der Waals surface area contributed by atoms with Crippen molar-refractivity contribution >= 4 is 5.97 Å². The molecular formula is C14H19NO3. The Morgan fingerprint density at radius 3 is 2.61 bits per heavy atom. The number of methoxy groups -OCH3 is 1. The van der Waals surface area contributed by atoms with Crippen LogP contribution in [0.2, 0.25) is 0 Å². The molecule has 0 unspecified atom stereocenters. The van der Waals surface area contributed by atoms with E-state index in [-0.39, 0.29) is 5.97 Å². The average molecular weight is 249 g/mol. The molecule has 1 aliphatic rings. The third-order valence-electron chi connectivity index (χ3n) is 3.16. The zero-order valence-corrected chi connectivity index (χ0v) is 10.6. The number of carbonyl (C=O) groups is 1. The highest BCUT2D eigenvalue weighted by Gasteiger charge is 2.20. The predicted octanol–water partition coefficient (Wildman–Crippen LogP) is 1.63. The van der Waals surface area contributed by atoms with Crippen molar-refractivity contribution in [2.45, 2.75) is 31.7 Å². The first-order valence-electron chi connectivity index (χ1n) is 6.30. The second kappa shape index (κ2) is 6.52. The van der Waals surface area contributed by atoms with Gasteiger partial charge in [0.2, 0.25) is 0 Å². The van der Waals surface area contributed by atoms with E-state index >= 15 is 0 Å². The van der Waals surface area contributed by atoms with Crippen LogP contribution in [0, 0.1) is 0 Å². The van der Waals surface area contributed by atoms with Crippen LogP contribution in [0.1, 0.15) is 24.0 Å². The van der Waals surface area contributed by atoms with Gasteiger partial charge in [0, 0.05) is 12.5 Å². The van der Waals surface area contributed by atoms with Crippen LogP contribution in [0.3, 0.4) is 0 Å². The minimum absolute atomic E-state index is 0.188. The Morgan fingerprint density at radius 2 is 2.00 bits per heavy atom. The van der Waals surface area contributed by atoms with Crippen LogP contribution >= 0.6 is 0 Å². The van der Waals surface area contributed by atoms with E-state index in [1.54, 1.807) is 0 Å². The molecule has 0 aliphatic heterocycles. The Bertz CT molecular complexity index is 381. The first-order chi connectivity index (χ1) is 8.79. The summed E-state index contributed by atoms with van der Waals surface area (Å²) in [6.45, 7) is 0.530. The lowest BCUT2D eigenvalue weighted by atomic mass is 10.1. The highest BCUT2D eigenvalue weighted by atomic mass is 16.6. The van der Waals surface area contributed by atoms with Crippen molar-refractivity contribution < 1.29 is 14.4 Å². The van der Waals surface area contributed by atoms with Crippen molar-refractivity contribution in [1.29, 1.82) is 0 Å². The van der Waals surface area contributed by atoms with Crippen LogP contribution in [0.5, 0.6) is 0 Å². The topological polar surface area (TPSA) is 47.6 Å². The van der Waals surface area contributed by atoms with Crippen molar-refractivity contribution in [3.63, 3.8) is 0 Å². The van der Waals surface area contributed by atoms with Gasteiger partial charge in [-0.05, 0) is 30.4 Å². The smallest absolute Gasteiger partial charge is 0.305 e. The van der Waals surface area contributed by atoms with Crippen LogP contribution in [0.4, 0.5) is 0 Å². The summed E-state index contributed by atoms with van der Waals surface area (Å²) in [5.74, 6) is -0.188. The van der Waals surface area contributed by atoms with Gasteiger partial charge in [0.25, 0.3) is 0 Å². The zero-order chi connectivity index (χ0) is 12.8. The molecule has 18 heavy (non-hydrogen) atoms. The highest BCUT2D eigenvalue weighted by Crippen LogP contribution is 2.21. The molecule has 1 aliphatic carbocycles. The summed E-state index contributed by atoms with van der Waals surface area (Å²) in [7, 11) is 1.40. The van der Waals surface area contributed by atoms with E-state index in [0.29, 0.717) is 25.5 Å². The maximum Gasteiger partial charge on any atom is 0.305 e. The monoisotopic (exact) mass is 249 g/mol. The molecule has 0 saturated carbocycles. The lowest BCUT2D eigenvalue weighted by Crippen LogP contribution is -2.30. The fraction of sp³-hybridized carbons (Fsp3) is 0.500. The van der Waals surface area contributed by atoms with E-state index in [1.165, 1.54) is 18.2 Å². The van der Waals surface area contributed by atoms with Crippen LogP contribution in [0.25, 0.3) is 0 Å². The van der Waals surface area contributed by atoms with E-state index in [1.807, 2.05) is 0 Å². The average Bonchev–Trinajstić information content (AvgIpc) is 2.80. The lowest BCUT2D eigenvalue weighted by molar-refractivity contribution is -0.141. The molecule has 98 valence electrons. The van der Waals surface area contributed by atoms with Crippen LogP contribution in [-0.2, 0) is 27.2 Å². The third-order valence-corrected chi connectivity index (χ3v) is 3.16. The van der Waals surface area contributed by atoms with Crippen molar-refractivity contribution in [3.8, 4) is 0 Å². The summed E-state index contributed by atoms with van der Waals surface area (Å²) in [5, 5.41) is 0. The first kappa shape index (κ1) is 13.1. The van der Waals surface area contributed by atoms with E-state index in [0.717, 1.165) is 12.8 Å². The largest absolute Gasteiger partial charge is 0.469 e. The Kier molecular flexibility index (Phi) is 4.73. The van der Waals surface area contributed by atoms with Crippen molar-refractivity contribution in [1.82, 2.24) is 5.48 Å². The number of benzene rings is 1. The molecule has 4 nitrogen and oxygen atoms in total. The zero-order valence-electron chi connectivity index (χ0n) is 10.6. The maximum absolute atomic E-state index is 10.9. The summed E-state index contributed by atoms with van der Waals surface area (Å²) in [5.41, 5.74) is 5.86. The molecule has 0 amide bonds. The highest BCUT2D eigenvalue weighted by molar-refractivity contribution is 5.68. The van der Waals surface area contributed by atoms with Gasteiger partial charge in [-0.2, -0.15) is 5.48 Å². The number of hydrogen-bond donors (Lipinski definition) is 1. The van der Waals surface area contributed by atoms with Gasteiger partial charge in [0.05, 0.1) is 13.7 Å². The van der Waals surface area contributed by atoms with Crippen molar-refractivity contribution in [2.75, 3.05) is 13.7 Å². The summed E-state index contributed by atoms with van der Waals surface area (Å²) in [6, 6.07) is 8.81. The van der Waals surface area contributed by atoms with Crippen LogP contribution in [0.15, 0.2) is 24.3 Å². The Balaban J connectivity index is 1.61. The molecule has 0 radical (unpaired) electrons. The minimum atomic E-state index is -0.188. The first-order valence-corrected chi connectivity index (χ1v) is 6.30. The summed E-state index contributed by atoms with van der Waals surface area (Å²) in [4.78, 5) is 16.3. The maximum atomic E-state index is 10.9. The van der Waals surface area contributed by atoms with Gasteiger partial charge in [-0.25, -0.2) is 0 Å². The number of esters is 1. The summed E-state index contributed by atoms with van der Waals surface area (Å²) >= 11 is 0. The van der Waals surface area contributed by atoms with Crippen molar-refractivity contribution in [3.05, 3.63) is 35.4 Å². The van der Waals surface area contributed by atoms with Gasteiger partial charge in [-0.1, -0.05) is 24.3 Å². The van der Waals surface area contributed by atoms with Gasteiger partial charge in [0.15, 0.2) is 0 Å². The molecule has 0 saturated heterocycles. The summed E-state index contributed by atoms with van der Waals surface area (Å²) < 4.78 is 4.56. The van der Waals surface area contributed by atoms with E-state index < -0.39 is 0 Å². The van der Waals surface area contributed by atoms with Gasteiger partial charge in [0.1, 0.15) is 0 Å². The Morgan fingerprint density at radius 1 is 1.33 bits per heavy atom. The number of ether oxygens (including phenoxy) is 1. The number of rotatable bonds is 6. The molecule has 2 rings (SSSR count). The molecule has 1 N–H and O–H groups in total. The fourth-order valence-corrected chi connectivity index (χ4v) is 2.21. The van der Waals surface area contributed by atoms with Gasteiger partial charge in [-0.15, -0.1) is 0 Å². The van der Waals surface area contributed by atoms with Crippen molar-refractivity contribution in [2.24, 2.45) is 0 Å². The second-order valence-corrected chi connectivity index (χ2v) is 4.52. The van der Waals surface area contributed by atoms with E-state index in [9.17, 15) is 4.79 Å². The normalized spacial score (nSPS) is 14.5. The Labute approximate surface area is 107 Å². The number of carbonyl (C=O) groups excluding carboxylic acids is 1. The SMILES string of the molecule is COC(=O)CCCONC1Cc2ccccc2C1. The fourth-order valence-electron chi connectivity index (χ4n) is 2.21. The van der Waals surface area contributed by atoms with Gasteiger partial charge in [-0.3, -0.25) is 4.79 Å². The molecule has 0 fully saturated rings. The summed E-state index contributed by atoms with van der Waals surface area (Å²) in [6.07, 6.45) is 3.10.